The van der Waals surface area contributed by atoms with Crippen LogP contribution >= 0.6 is 22.9 Å². The molecule has 7 nitrogen and oxygen atoms in total. The van der Waals surface area contributed by atoms with E-state index in [1.54, 1.807) is 30.5 Å². The van der Waals surface area contributed by atoms with Crippen LogP contribution in [0.15, 0.2) is 18.2 Å². The smallest absolute Gasteiger partial charge is 0.225 e. The minimum Gasteiger partial charge on any atom is -0.493 e. The Morgan fingerprint density at radius 2 is 1.83 bits per heavy atom. The lowest BCUT2D eigenvalue weighted by Gasteiger charge is -2.33. The van der Waals surface area contributed by atoms with Crippen molar-refractivity contribution in [2.75, 3.05) is 45.3 Å². The average Bonchev–Trinajstić information content (AvgIpc) is 3.08. The van der Waals surface area contributed by atoms with Crippen molar-refractivity contribution in [3.63, 3.8) is 0 Å². The first kappa shape index (κ1) is 19.7. The SMILES string of the molecule is COc1ccc(-c2c(C)sc3nc(Cl)nc(N4CCN(C=O)CC4)c23)cc1OC. The number of ether oxygens (including phenoxy) is 2. The van der Waals surface area contributed by atoms with Gasteiger partial charge >= 0.3 is 0 Å². The second-order valence-corrected chi connectivity index (χ2v) is 8.27. The van der Waals surface area contributed by atoms with Crippen LogP contribution < -0.4 is 14.4 Å². The number of halogens is 1. The number of benzene rings is 1. The number of piperazine rings is 1. The van der Waals surface area contributed by atoms with Crippen LogP contribution in [0.3, 0.4) is 0 Å². The van der Waals surface area contributed by atoms with E-state index in [0.717, 1.165) is 38.4 Å². The molecule has 4 rings (SSSR count). The van der Waals surface area contributed by atoms with Gasteiger partial charge < -0.3 is 19.3 Å². The molecular formula is C20H21ClN4O3S. The van der Waals surface area contributed by atoms with Crippen molar-refractivity contribution in [1.82, 2.24) is 14.9 Å². The van der Waals surface area contributed by atoms with Crippen LogP contribution in [0, 0.1) is 6.92 Å². The summed E-state index contributed by atoms with van der Waals surface area (Å²) in [5.74, 6) is 2.15. The van der Waals surface area contributed by atoms with Crippen LogP contribution in [0.2, 0.25) is 5.28 Å². The van der Waals surface area contributed by atoms with E-state index < -0.39 is 0 Å². The minimum atomic E-state index is 0.227. The van der Waals surface area contributed by atoms with E-state index in [1.165, 1.54) is 0 Å². The molecule has 0 unspecified atom stereocenters. The summed E-state index contributed by atoms with van der Waals surface area (Å²) >= 11 is 7.84. The molecule has 0 radical (unpaired) electrons. The Balaban J connectivity index is 1.87. The maximum Gasteiger partial charge on any atom is 0.225 e. The van der Waals surface area contributed by atoms with Gasteiger partial charge in [0.2, 0.25) is 11.7 Å². The fourth-order valence-corrected chi connectivity index (χ4v) is 4.93. The number of aryl methyl sites for hydroxylation is 1. The van der Waals surface area contributed by atoms with E-state index in [-0.39, 0.29) is 5.28 Å². The number of thiophene rings is 1. The largest absolute Gasteiger partial charge is 0.493 e. The lowest BCUT2D eigenvalue weighted by Crippen LogP contribution is -2.46. The number of fused-ring (bicyclic) bond motifs is 1. The molecule has 152 valence electrons. The summed E-state index contributed by atoms with van der Waals surface area (Å²) in [7, 11) is 3.25. The summed E-state index contributed by atoms with van der Waals surface area (Å²) in [5, 5.41) is 1.20. The molecule has 0 saturated carbocycles. The predicted octanol–water partition coefficient (Wildman–Crippen LogP) is 3.62. The topological polar surface area (TPSA) is 67.8 Å². The molecule has 0 bridgehead atoms. The zero-order valence-corrected chi connectivity index (χ0v) is 18.0. The molecule has 3 aromatic rings. The first-order chi connectivity index (χ1) is 14.0. The molecule has 1 aliphatic heterocycles. The van der Waals surface area contributed by atoms with Crippen LogP contribution in [0.4, 0.5) is 5.82 Å². The van der Waals surface area contributed by atoms with Crippen molar-refractivity contribution in [1.29, 1.82) is 0 Å². The lowest BCUT2D eigenvalue weighted by molar-refractivity contribution is -0.118. The highest BCUT2D eigenvalue weighted by Gasteiger charge is 2.25. The monoisotopic (exact) mass is 432 g/mol. The van der Waals surface area contributed by atoms with Crippen LogP contribution in [0.1, 0.15) is 4.88 Å². The molecule has 0 aliphatic carbocycles. The van der Waals surface area contributed by atoms with Gasteiger partial charge in [0, 0.05) is 36.6 Å². The Bertz CT molecular complexity index is 1060. The predicted molar refractivity (Wildman–Crippen MR) is 116 cm³/mol. The van der Waals surface area contributed by atoms with Gasteiger partial charge in [-0.05, 0) is 36.2 Å². The fourth-order valence-electron chi connectivity index (χ4n) is 3.68. The Hall–Kier alpha value is -2.58. The summed E-state index contributed by atoms with van der Waals surface area (Å²) in [4.78, 5) is 26.0. The second-order valence-electron chi connectivity index (χ2n) is 6.73. The van der Waals surface area contributed by atoms with Crippen molar-refractivity contribution in [3.05, 3.63) is 28.4 Å². The van der Waals surface area contributed by atoms with Crippen molar-refractivity contribution in [2.45, 2.75) is 6.92 Å². The highest BCUT2D eigenvalue weighted by Crippen LogP contribution is 2.44. The first-order valence-electron chi connectivity index (χ1n) is 9.19. The van der Waals surface area contributed by atoms with Crippen LogP contribution in [0.5, 0.6) is 11.5 Å². The van der Waals surface area contributed by atoms with Crippen LogP contribution in [0.25, 0.3) is 21.3 Å². The quantitative estimate of drug-likeness (QED) is 0.453. The molecule has 0 N–H and O–H groups in total. The molecule has 0 atom stereocenters. The van der Waals surface area contributed by atoms with Crippen molar-refractivity contribution >= 4 is 45.4 Å². The normalized spacial score (nSPS) is 14.3. The van der Waals surface area contributed by atoms with Gasteiger partial charge in [0.1, 0.15) is 10.6 Å². The van der Waals surface area contributed by atoms with Gasteiger partial charge in [0.25, 0.3) is 0 Å². The zero-order valence-electron chi connectivity index (χ0n) is 16.4. The number of methoxy groups -OCH3 is 2. The van der Waals surface area contributed by atoms with E-state index in [9.17, 15) is 4.79 Å². The Morgan fingerprint density at radius 3 is 2.48 bits per heavy atom. The molecule has 0 spiro atoms. The van der Waals surface area contributed by atoms with Gasteiger partial charge in [-0.2, -0.15) is 4.98 Å². The van der Waals surface area contributed by atoms with Crippen LogP contribution in [-0.2, 0) is 4.79 Å². The van der Waals surface area contributed by atoms with E-state index in [2.05, 4.69) is 21.8 Å². The molecular weight excluding hydrogens is 412 g/mol. The number of carbonyl (C=O) groups excluding carboxylic acids is 1. The van der Waals surface area contributed by atoms with Gasteiger partial charge in [-0.25, -0.2) is 4.98 Å². The molecule has 1 aromatic carbocycles. The maximum atomic E-state index is 11.1. The molecule has 2 aromatic heterocycles. The average molecular weight is 433 g/mol. The van der Waals surface area contributed by atoms with Crippen LogP contribution in [-0.4, -0.2) is 61.7 Å². The molecule has 1 amide bonds. The molecule has 1 aliphatic rings. The van der Waals surface area contributed by atoms with Crippen molar-refractivity contribution in [2.24, 2.45) is 0 Å². The number of rotatable bonds is 5. The van der Waals surface area contributed by atoms with Crippen molar-refractivity contribution in [3.8, 4) is 22.6 Å². The lowest BCUT2D eigenvalue weighted by atomic mass is 10.0. The summed E-state index contributed by atoms with van der Waals surface area (Å²) < 4.78 is 10.9. The second kappa shape index (κ2) is 8.04. The number of hydrogen-bond acceptors (Lipinski definition) is 7. The third-order valence-electron chi connectivity index (χ3n) is 5.12. The zero-order chi connectivity index (χ0) is 20.5. The fraction of sp³-hybridized carbons (Fsp3) is 0.350. The van der Waals surface area contributed by atoms with E-state index in [1.807, 2.05) is 18.2 Å². The highest BCUT2D eigenvalue weighted by atomic mass is 35.5. The summed E-state index contributed by atoms with van der Waals surface area (Å²) in [6, 6.07) is 5.88. The van der Waals surface area contributed by atoms with E-state index in [0.29, 0.717) is 37.7 Å². The third kappa shape index (κ3) is 3.58. The summed E-state index contributed by atoms with van der Waals surface area (Å²) in [6.45, 7) is 4.77. The van der Waals surface area contributed by atoms with Crippen molar-refractivity contribution < 1.29 is 14.3 Å². The van der Waals surface area contributed by atoms with Gasteiger partial charge in [0.15, 0.2) is 11.5 Å². The molecule has 1 saturated heterocycles. The first-order valence-corrected chi connectivity index (χ1v) is 10.4. The number of hydrogen-bond donors (Lipinski definition) is 0. The molecule has 9 heteroatoms. The molecule has 1 fully saturated rings. The third-order valence-corrected chi connectivity index (χ3v) is 6.28. The Labute approximate surface area is 177 Å². The number of carbonyl (C=O) groups is 1. The number of nitrogens with zero attached hydrogens (tertiary/aromatic N) is 4. The standard InChI is InChI=1S/C20H21ClN4O3S/c1-12-16(13-4-5-14(27-2)15(10-13)28-3)17-18(22-20(21)23-19(17)29-12)25-8-6-24(11-26)7-9-25/h4-5,10-11H,6-9H2,1-3H3. The highest BCUT2D eigenvalue weighted by molar-refractivity contribution is 7.19. The minimum absolute atomic E-state index is 0.227. The summed E-state index contributed by atoms with van der Waals surface area (Å²) in [6.07, 6.45) is 0.893. The number of aromatic nitrogens is 2. The van der Waals surface area contributed by atoms with Gasteiger partial charge in [-0.1, -0.05) is 6.07 Å². The van der Waals surface area contributed by atoms with Gasteiger partial charge in [-0.3, -0.25) is 4.79 Å². The maximum absolute atomic E-state index is 11.1. The van der Waals surface area contributed by atoms with Gasteiger partial charge in [-0.15, -0.1) is 11.3 Å². The van der Waals surface area contributed by atoms with E-state index in [4.69, 9.17) is 21.1 Å². The molecule has 3 heterocycles. The Kier molecular flexibility index (Phi) is 5.47. The summed E-state index contributed by atoms with van der Waals surface area (Å²) in [5.41, 5.74) is 2.07. The Morgan fingerprint density at radius 1 is 1.10 bits per heavy atom. The number of anilines is 1. The van der Waals surface area contributed by atoms with E-state index >= 15 is 0 Å². The molecule has 29 heavy (non-hydrogen) atoms. The number of amides is 1. The van der Waals surface area contributed by atoms with Gasteiger partial charge in [0.05, 0.1) is 19.6 Å².